The number of halogens is 2. The molecule has 3 rings (SSSR count). The summed E-state index contributed by atoms with van der Waals surface area (Å²) in [4.78, 5) is 33.4. The Morgan fingerprint density at radius 1 is 1.13 bits per heavy atom. The number of fused-ring (bicyclic) bond motifs is 1. The summed E-state index contributed by atoms with van der Waals surface area (Å²) in [6, 6.07) is 8.73. The molecule has 0 bridgehead atoms. The van der Waals surface area contributed by atoms with Crippen LogP contribution in [-0.2, 0) is 11.2 Å². The van der Waals surface area contributed by atoms with Crippen molar-refractivity contribution in [3.63, 3.8) is 0 Å². The highest BCUT2D eigenvalue weighted by atomic mass is 19.3. The smallest absolute Gasteiger partial charge is 0.267 e. The minimum atomic E-state index is -2.88. The van der Waals surface area contributed by atoms with E-state index in [1.54, 1.807) is 6.07 Å². The molecule has 0 aliphatic carbocycles. The lowest BCUT2D eigenvalue weighted by Crippen LogP contribution is -2.26. The van der Waals surface area contributed by atoms with Gasteiger partial charge in [0.05, 0.1) is 41.4 Å². The van der Waals surface area contributed by atoms with Crippen molar-refractivity contribution in [3.05, 3.63) is 71.2 Å². The lowest BCUT2D eigenvalue weighted by molar-refractivity contribution is -0.119. The number of rotatable bonds is 9. The zero-order valence-corrected chi connectivity index (χ0v) is 22.3. The van der Waals surface area contributed by atoms with E-state index in [4.69, 9.17) is 15.2 Å². The van der Waals surface area contributed by atoms with Gasteiger partial charge in [-0.25, -0.2) is 8.78 Å². The lowest BCUT2D eigenvalue weighted by atomic mass is 10.1. The molecular formula is C28H31F2N5O4. The first-order valence-electron chi connectivity index (χ1n) is 12.0. The molecule has 0 aliphatic heterocycles. The number of methoxy groups -OCH3 is 1. The van der Waals surface area contributed by atoms with Crippen LogP contribution in [0.2, 0.25) is 0 Å². The topological polar surface area (TPSA) is 128 Å². The SMILES string of the molecule is CNC(=O)c1cc2c(Oc3ccc(CC(=O)N/C(C=NC(C)(C)C)=C/N)cc3C(F)F)ccnc2cc1OC. The second kappa shape index (κ2) is 12.3. The molecule has 1 aromatic heterocycles. The number of nitrogens with one attached hydrogen (secondary N) is 2. The summed E-state index contributed by atoms with van der Waals surface area (Å²) in [5, 5.41) is 5.58. The molecule has 0 saturated heterocycles. The molecule has 2 amide bonds. The summed E-state index contributed by atoms with van der Waals surface area (Å²) < 4.78 is 39.3. The van der Waals surface area contributed by atoms with E-state index in [1.807, 2.05) is 20.8 Å². The molecule has 0 unspecified atom stereocenters. The summed E-state index contributed by atoms with van der Waals surface area (Å²) in [6.45, 7) is 5.67. The molecule has 11 heteroatoms. The third kappa shape index (κ3) is 7.50. The summed E-state index contributed by atoms with van der Waals surface area (Å²) >= 11 is 0. The molecule has 2 aromatic carbocycles. The van der Waals surface area contributed by atoms with E-state index in [1.165, 1.54) is 63.1 Å². The molecule has 0 radical (unpaired) electrons. The predicted octanol–water partition coefficient (Wildman–Crippen LogP) is 4.66. The van der Waals surface area contributed by atoms with E-state index < -0.39 is 23.8 Å². The van der Waals surface area contributed by atoms with Gasteiger partial charge in [-0.2, -0.15) is 0 Å². The second-order valence-corrected chi connectivity index (χ2v) is 9.51. The molecule has 0 aliphatic rings. The molecule has 4 N–H and O–H groups in total. The number of carbonyl (C=O) groups excluding carboxylic acids is 2. The number of pyridine rings is 1. The monoisotopic (exact) mass is 539 g/mol. The number of carbonyl (C=O) groups is 2. The third-order valence-corrected chi connectivity index (χ3v) is 5.44. The van der Waals surface area contributed by atoms with Crippen LogP contribution in [0.25, 0.3) is 10.9 Å². The highest BCUT2D eigenvalue weighted by Gasteiger charge is 2.20. The molecule has 1 heterocycles. The number of ether oxygens (including phenoxy) is 2. The third-order valence-electron chi connectivity index (χ3n) is 5.44. The Kier molecular flexibility index (Phi) is 9.18. The van der Waals surface area contributed by atoms with Crippen LogP contribution in [0.4, 0.5) is 8.78 Å². The molecule has 0 spiro atoms. The Morgan fingerprint density at radius 2 is 1.87 bits per heavy atom. The van der Waals surface area contributed by atoms with Crippen LogP contribution in [0.15, 0.2) is 59.5 Å². The molecule has 0 fully saturated rings. The first-order chi connectivity index (χ1) is 18.4. The molecule has 0 atom stereocenters. The van der Waals surface area contributed by atoms with Crippen molar-refractivity contribution >= 4 is 28.9 Å². The van der Waals surface area contributed by atoms with Gasteiger partial charge in [-0.15, -0.1) is 0 Å². The van der Waals surface area contributed by atoms with Gasteiger partial charge >= 0.3 is 0 Å². The molecule has 0 saturated carbocycles. The highest BCUT2D eigenvalue weighted by Crippen LogP contribution is 2.37. The standard InChI is InChI=1S/C28H31F2N5O4/c1-28(2,3)34-15-17(14-31)35-25(36)11-16-6-7-22(19(10-16)26(29)30)39-23-8-9-33-21-13-24(38-5)20(12-18(21)23)27(37)32-4/h6-10,12-15,26H,11,31H2,1-5H3,(H,32,37)(H,35,36)/b17-14+,34-15?. The average Bonchev–Trinajstić information content (AvgIpc) is 2.90. The minimum absolute atomic E-state index is 0.0983. The largest absolute Gasteiger partial charge is 0.496 e. The number of aromatic nitrogens is 1. The molecule has 206 valence electrons. The Labute approximate surface area is 225 Å². The van der Waals surface area contributed by atoms with Gasteiger partial charge in [0, 0.05) is 37.1 Å². The Morgan fingerprint density at radius 3 is 2.49 bits per heavy atom. The van der Waals surface area contributed by atoms with Crippen LogP contribution in [0.3, 0.4) is 0 Å². The van der Waals surface area contributed by atoms with Crippen molar-refractivity contribution in [2.45, 2.75) is 39.2 Å². The van der Waals surface area contributed by atoms with Crippen LogP contribution >= 0.6 is 0 Å². The van der Waals surface area contributed by atoms with Crippen molar-refractivity contribution in [2.24, 2.45) is 10.7 Å². The van der Waals surface area contributed by atoms with Crippen molar-refractivity contribution < 1.29 is 27.8 Å². The number of alkyl halides is 2. The van der Waals surface area contributed by atoms with E-state index in [9.17, 15) is 18.4 Å². The normalized spacial score (nSPS) is 12.2. The molecular weight excluding hydrogens is 508 g/mol. The number of hydrogen-bond acceptors (Lipinski definition) is 7. The van der Waals surface area contributed by atoms with Crippen LogP contribution in [0.1, 0.15) is 48.7 Å². The van der Waals surface area contributed by atoms with Gasteiger partial charge in [0.2, 0.25) is 5.91 Å². The van der Waals surface area contributed by atoms with E-state index in [-0.39, 0.29) is 29.0 Å². The molecule has 3 aromatic rings. The Balaban J connectivity index is 1.89. The fourth-order valence-corrected chi connectivity index (χ4v) is 3.58. The number of allylic oxidation sites excluding steroid dienone is 1. The fraction of sp³-hybridized carbons (Fsp3) is 0.286. The molecule has 9 nitrogen and oxygen atoms in total. The van der Waals surface area contributed by atoms with Gasteiger partial charge in [-0.3, -0.25) is 19.6 Å². The second-order valence-electron chi connectivity index (χ2n) is 9.51. The maximum absolute atomic E-state index is 14.0. The van der Waals surface area contributed by atoms with Gasteiger partial charge in [-0.05, 0) is 50.6 Å². The van der Waals surface area contributed by atoms with E-state index in [2.05, 4.69) is 20.6 Å². The summed E-state index contributed by atoms with van der Waals surface area (Å²) in [6.07, 6.45) is 1.07. The first-order valence-corrected chi connectivity index (χ1v) is 12.0. The number of hydrogen-bond donors (Lipinski definition) is 3. The number of aliphatic imine (C=N–C) groups is 1. The van der Waals surface area contributed by atoms with Crippen molar-refractivity contribution in [1.29, 1.82) is 0 Å². The van der Waals surface area contributed by atoms with Gasteiger partial charge < -0.3 is 25.8 Å². The average molecular weight is 540 g/mol. The lowest BCUT2D eigenvalue weighted by Gasteiger charge is -2.15. The first kappa shape index (κ1) is 29.0. The van der Waals surface area contributed by atoms with Crippen LogP contribution in [-0.4, -0.2) is 42.7 Å². The highest BCUT2D eigenvalue weighted by molar-refractivity contribution is 6.02. The molecule has 39 heavy (non-hydrogen) atoms. The number of amides is 2. The summed E-state index contributed by atoms with van der Waals surface area (Å²) in [5.41, 5.74) is 6.14. The number of benzene rings is 2. The Hall–Kier alpha value is -4.54. The maximum atomic E-state index is 14.0. The van der Waals surface area contributed by atoms with E-state index >= 15 is 0 Å². The number of nitrogens with two attached hydrogens (primary N) is 1. The quantitative estimate of drug-likeness (QED) is 0.340. The fourth-order valence-electron chi connectivity index (χ4n) is 3.58. The van der Waals surface area contributed by atoms with Crippen molar-refractivity contribution in [3.8, 4) is 17.2 Å². The van der Waals surface area contributed by atoms with Gasteiger partial charge in [0.15, 0.2) is 0 Å². The van der Waals surface area contributed by atoms with Gasteiger partial charge in [0.25, 0.3) is 12.3 Å². The van der Waals surface area contributed by atoms with E-state index in [0.29, 0.717) is 27.9 Å². The van der Waals surface area contributed by atoms with Crippen molar-refractivity contribution in [2.75, 3.05) is 14.2 Å². The number of nitrogens with zero attached hydrogens (tertiary/aromatic N) is 2. The minimum Gasteiger partial charge on any atom is -0.496 e. The summed E-state index contributed by atoms with van der Waals surface area (Å²) in [7, 11) is 2.91. The van der Waals surface area contributed by atoms with Crippen LogP contribution < -0.4 is 25.8 Å². The van der Waals surface area contributed by atoms with Gasteiger partial charge in [-0.1, -0.05) is 6.07 Å². The predicted molar refractivity (Wildman–Crippen MR) is 146 cm³/mol. The van der Waals surface area contributed by atoms with Crippen LogP contribution in [0.5, 0.6) is 17.2 Å². The van der Waals surface area contributed by atoms with Crippen LogP contribution in [0, 0.1) is 0 Å². The Bertz CT molecular complexity index is 1430. The zero-order valence-electron chi connectivity index (χ0n) is 22.3. The van der Waals surface area contributed by atoms with E-state index in [0.717, 1.165) is 0 Å². The zero-order chi connectivity index (χ0) is 28.7. The van der Waals surface area contributed by atoms with Crippen molar-refractivity contribution in [1.82, 2.24) is 15.6 Å². The summed E-state index contributed by atoms with van der Waals surface area (Å²) in [5.74, 6) is -0.414. The van der Waals surface area contributed by atoms with Gasteiger partial charge in [0.1, 0.15) is 17.2 Å². The maximum Gasteiger partial charge on any atom is 0.267 e.